The predicted molar refractivity (Wildman–Crippen MR) is 69.2 cm³/mol. The first-order chi connectivity index (χ1) is 8.92. The standard InChI is InChI=1S/C12H16F2N2O2S/c1-8-4-5-10(9-3-2-6-15-12(8)9)19(17,18)16-7-11(13)14/h4-5,11,15-16H,2-3,6-7H2,1H3. The molecule has 106 valence electrons. The Morgan fingerprint density at radius 2 is 2.16 bits per heavy atom. The number of rotatable bonds is 4. The Morgan fingerprint density at radius 1 is 1.42 bits per heavy atom. The Bertz CT molecular complexity index is 573. The van der Waals surface area contributed by atoms with Gasteiger partial charge < -0.3 is 5.32 Å². The maximum absolute atomic E-state index is 12.1. The topological polar surface area (TPSA) is 58.2 Å². The van der Waals surface area contributed by atoms with E-state index >= 15 is 0 Å². The Kier molecular flexibility index (Phi) is 4.05. The molecule has 1 aliphatic rings. The van der Waals surface area contributed by atoms with Crippen LogP contribution in [0.15, 0.2) is 17.0 Å². The van der Waals surface area contributed by atoms with Crippen molar-refractivity contribution in [3.63, 3.8) is 0 Å². The molecule has 0 radical (unpaired) electrons. The van der Waals surface area contributed by atoms with Crippen LogP contribution in [0.2, 0.25) is 0 Å². The predicted octanol–water partition coefficient (Wildman–Crippen LogP) is 1.90. The number of hydrogen-bond donors (Lipinski definition) is 2. The van der Waals surface area contributed by atoms with Gasteiger partial charge in [-0.3, -0.25) is 0 Å². The van der Waals surface area contributed by atoms with Gasteiger partial charge in [0.1, 0.15) is 0 Å². The molecule has 0 aliphatic carbocycles. The van der Waals surface area contributed by atoms with Crippen LogP contribution in [-0.4, -0.2) is 27.9 Å². The molecule has 0 saturated carbocycles. The fraction of sp³-hybridized carbons (Fsp3) is 0.500. The van der Waals surface area contributed by atoms with Gasteiger partial charge in [-0.2, -0.15) is 0 Å². The van der Waals surface area contributed by atoms with E-state index in [2.05, 4.69) is 5.32 Å². The molecule has 19 heavy (non-hydrogen) atoms. The minimum absolute atomic E-state index is 0.0981. The molecule has 0 spiro atoms. The van der Waals surface area contributed by atoms with Gasteiger partial charge in [0, 0.05) is 12.2 Å². The van der Waals surface area contributed by atoms with Crippen LogP contribution in [0.3, 0.4) is 0 Å². The molecule has 1 aliphatic heterocycles. The highest BCUT2D eigenvalue weighted by Crippen LogP contribution is 2.31. The second kappa shape index (κ2) is 5.42. The van der Waals surface area contributed by atoms with Crippen LogP contribution >= 0.6 is 0 Å². The smallest absolute Gasteiger partial charge is 0.251 e. The van der Waals surface area contributed by atoms with Crippen LogP contribution in [0.1, 0.15) is 17.5 Å². The van der Waals surface area contributed by atoms with Crippen molar-refractivity contribution in [3.05, 3.63) is 23.3 Å². The van der Waals surface area contributed by atoms with Gasteiger partial charge in [0.15, 0.2) is 0 Å². The zero-order valence-corrected chi connectivity index (χ0v) is 11.4. The Morgan fingerprint density at radius 3 is 2.84 bits per heavy atom. The van der Waals surface area contributed by atoms with Gasteiger partial charge in [-0.1, -0.05) is 6.07 Å². The van der Waals surface area contributed by atoms with Crippen molar-refractivity contribution in [1.29, 1.82) is 0 Å². The minimum Gasteiger partial charge on any atom is -0.385 e. The Balaban J connectivity index is 2.40. The van der Waals surface area contributed by atoms with E-state index in [9.17, 15) is 17.2 Å². The highest BCUT2D eigenvalue weighted by Gasteiger charge is 2.24. The number of nitrogens with one attached hydrogen (secondary N) is 2. The summed E-state index contributed by atoms with van der Waals surface area (Å²) in [6, 6.07) is 3.17. The fourth-order valence-corrected chi connectivity index (χ4v) is 3.50. The summed E-state index contributed by atoms with van der Waals surface area (Å²) in [5.41, 5.74) is 2.46. The molecule has 0 amide bonds. The van der Waals surface area contributed by atoms with Crippen LogP contribution in [0.4, 0.5) is 14.5 Å². The van der Waals surface area contributed by atoms with Gasteiger partial charge in [0.05, 0.1) is 11.4 Å². The largest absolute Gasteiger partial charge is 0.385 e. The normalized spacial score (nSPS) is 15.2. The van der Waals surface area contributed by atoms with E-state index in [1.54, 1.807) is 6.07 Å². The van der Waals surface area contributed by atoms with Crippen LogP contribution in [0.25, 0.3) is 0 Å². The summed E-state index contributed by atoms with van der Waals surface area (Å²) in [5, 5.41) is 3.17. The summed E-state index contributed by atoms with van der Waals surface area (Å²) in [6.07, 6.45) is -1.24. The molecule has 2 N–H and O–H groups in total. The number of fused-ring (bicyclic) bond motifs is 1. The summed E-state index contributed by atoms with van der Waals surface area (Å²) in [6.45, 7) is 1.82. The van der Waals surface area contributed by atoms with Crippen molar-refractivity contribution in [1.82, 2.24) is 4.72 Å². The summed E-state index contributed by atoms with van der Waals surface area (Å²) in [5.74, 6) is 0. The number of sulfonamides is 1. The molecule has 1 aromatic rings. The Labute approximate surface area is 111 Å². The van der Waals surface area contributed by atoms with E-state index in [-0.39, 0.29) is 4.90 Å². The number of hydrogen-bond acceptors (Lipinski definition) is 3. The first-order valence-corrected chi connectivity index (χ1v) is 7.54. The number of halogens is 2. The van der Waals surface area contributed by atoms with Crippen LogP contribution in [0, 0.1) is 6.92 Å². The van der Waals surface area contributed by atoms with E-state index in [1.165, 1.54) is 6.07 Å². The fourth-order valence-electron chi connectivity index (χ4n) is 2.22. The molecule has 0 saturated heterocycles. The number of alkyl halides is 2. The van der Waals surface area contributed by atoms with Gasteiger partial charge in [0.2, 0.25) is 10.0 Å². The number of aryl methyl sites for hydroxylation is 1. The van der Waals surface area contributed by atoms with Crippen LogP contribution < -0.4 is 10.0 Å². The van der Waals surface area contributed by atoms with E-state index in [0.29, 0.717) is 12.0 Å². The average molecular weight is 290 g/mol. The minimum atomic E-state index is -3.88. The summed E-state index contributed by atoms with van der Waals surface area (Å²) in [4.78, 5) is 0.0981. The average Bonchev–Trinajstić information content (AvgIpc) is 2.37. The lowest BCUT2D eigenvalue weighted by atomic mass is 10.00. The van der Waals surface area contributed by atoms with Crippen LogP contribution in [-0.2, 0) is 16.4 Å². The zero-order chi connectivity index (χ0) is 14.0. The van der Waals surface area contributed by atoms with E-state index < -0.39 is 23.0 Å². The molecular formula is C12H16F2N2O2S. The lowest BCUT2D eigenvalue weighted by Gasteiger charge is -2.23. The highest BCUT2D eigenvalue weighted by molar-refractivity contribution is 7.89. The molecule has 0 aromatic heterocycles. The third kappa shape index (κ3) is 3.03. The van der Waals surface area contributed by atoms with Gasteiger partial charge in [0.25, 0.3) is 6.43 Å². The van der Waals surface area contributed by atoms with Crippen molar-refractivity contribution in [2.24, 2.45) is 0 Å². The van der Waals surface area contributed by atoms with Gasteiger partial charge >= 0.3 is 0 Å². The van der Waals surface area contributed by atoms with E-state index in [4.69, 9.17) is 0 Å². The van der Waals surface area contributed by atoms with Crippen LogP contribution in [0.5, 0.6) is 0 Å². The molecule has 4 nitrogen and oxygen atoms in total. The molecule has 0 fully saturated rings. The molecule has 7 heteroatoms. The lowest BCUT2D eigenvalue weighted by Crippen LogP contribution is -2.30. The molecule has 0 bridgehead atoms. The maximum atomic E-state index is 12.1. The third-order valence-electron chi connectivity index (χ3n) is 3.10. The molecule has 0 atom stereocenters. The third-order valence-corrected chi connectivity index (χ3v) is 4.61. The van der Waals surface area contributed by atoms with Gasteiger partial charge in [-0.15, -0.1) is 0 Å². The SMILES string of the molecule is Cc1ccc(S(=O)(=O)NCC(F)F)c2c1NCCC2. The first kappa shape index (κ1) is 14.2. The second-order valence-corrected chi connectivity index (χ2v) is 6.24. The summed E-state index contributed by atoms with van der Waals surface area (Å²) < 4.78 is 50.3. The van der Waals surface area contributed by atoms with Gasteiger partial charge in [-0.05, 0) is 37.0 Å². The molecule has 2 rings (SSSR count). The molecule has 1 aromatic carbocycles. The summed E-state index contributed by atoms with van der Waals surface area (Å²) >= 11 is 0. The highest BCUT2D eigenvalue weighted by atomic mass is 32.2. The van der Waals surface area contributed by atoms with E-state index in [1.807, 2.05) is 11.6 Å². The maximum Gasteiger partial charge on any atom is 0.251 e. The van der Waals surface area contributed by atoms with E-state index in [0.717, 1.165) is 24.2 Å². The zero-order valence-electron chi connectivity index (χ0n) is 10.5. The number of anilines is 1. The van der Waals surface area contributed by atoms with Gasteiger partial charge in [-0.25, -0.2) is 21.9 Å². The molecule has 1 heterocycles. The Hall–Kier alpha value is -1.21. The van der Waals surface area contributed by atoms with Crippen molar-refractivity contribution in [2.45, 2.75) is 31.1 Å². The monoisotopic (exact) mass is 290 g/mol. The van der Waals surface area contributed by atoms with Crippen molar-refractivity contribution in [2.75, 3.05) is 18.4 Å². The lowest BCUT2D eigenvalue weighted by molar-refractivity contribution is 0.153. The number of benzene rings is 1. The van der Waals surface area contributed by atoms with Crippen molar-refractivity contribution < 1.29 is 17.2 Å². The van der Waals surface area contributed by atoms with Crippen molar-refractivity contribution in [3.8, 4) is 0 Å². The molecule has 0 unspecified atom stereocenters. The second-order valence-electron chi connectivity index (χ2n) is 4.51. The van der Waals surface area contributed by atoms with Crippen molar-refractivity contribution >= 4 is 15.7 Å². The summed E-state index contributed by atoms with van der Waals surface area (Å²) in [7, 11) is -3.88. The first-order valence-electron chi connectivity index (χ1n) is 6.06. The molecular weight excluding hydrogens is 274 g/mol. The quantitative estimate of drug-likeness (QED) is 0.890.